The van der Waals surface area contributed by atoms with E-state index in [4.69, 9.17) is 29.0 Å². The highest BCUT2D eigenvalue weighted by Crippen LogP contribution is 2.38. The standard InChI is InChI=1S/C40H79N2O11P/c1-3-5-7-9-11-13-15-16-18-19-21-23-28-38(44)49-33-36(53-39(45)29-24-22-20-17-14-12-10-8-6-4-2)34-52-54(47,48)51-32-35(43)31-50-40(46)37(42)27-25-26-30-41/h35-37,43H,3-34,41-42H2,1-2H3,(H,47,48). The minimum absolute atomic E-state index is 0.149. The fourth-order valence-corrected chi connectivity index (χ4v) is 6.65. The number of quaternary nitrogens is 1. The van der Waals surface area contributed by atoms with Gasteiger partial charge in [0, 0.05) is 12.8 Å². The minimum Gasteiger partial charge on any atom is -0.756 e. The number of rotatable bonds is 40. The predicted octanol–water partition coefficient (Wildman–Crippen LogP) is 6.99. The smallest absolute Gasteiger partial charge is 0.322 e. The Morgan fingerprint density at radius 1 is 0.611 bits per heavy atom. The Morgan fingerprint density at radius 2 is 1.06 bits per heavy atom. The molecule has 0 aromatic rings. The Labute approximate surface area is 327 Å². The highest BCUT2D eigenvalue weighted by Gasteiger charge is 2.23. The summed E-state index contributed by atoms with van der Waals surface area (Å²) in [5.74, 6) is -1.71. The quantitative estimate of drug-likeness (QED) is 0.0248. The van der Waals surface area contributed by atoms with Gasteiger partial charge < -0.3 is 44.7 Å². The zero-order valence-electron chi connectivity index (χ0n) is 34.1. The van der Waals surface area contributed by atoms with Crippen LogP contribution in [0.2, 0.25) is 0 Å². The third kappa shape index (κ3) is 34.9. The first-order valence-corrected chi connectivity index (χ1v) is 22.8. The van der Waals surface area contributed by atoms with Crippen LogP contribution in [0.4, 0.5) is 0 Å². The van der Waals surface area contributed by atoms with Crippen molar-refractivity contribution in [2.75, 3.05) is 33.0 Å². The lowest BCUT2D eigenvalue weighted by molar-refractivity contribution is -0.368. The first kappa shape index (κ1) is 52.4. The maximum atomic E-state index is 12.6. The van der Waals surface area contributed by atoms with Gasteiger partial charge in [0.1, 0.15) is 25.4 Å². The molecule has 0 aliphatic rings. The number of hydrogen-bond acceptors (Lipinski definition) is 12. The third-order valence-corrected chi connectivity index (χ3v) is 10.2. The summed E-state index contributed by atoms with van der Waals surface area (Å²) in [6.07, 6.45) is 24.9. The van der Waals surface area contributed by atoms with E-state index in [9.17, 15) is 28.9 Å². The van der Waals surface area contributed by atoms with E-state index in [1.165, 1.54) is 89.9 Å². The second-order valence-electron chi connectivity index (χ2n) is 14.6. The van der Waals surface area contributed by atoms with Crippen molar-refractivity contribution in [1.29, 1.82) is 0 Å². The Balaban J connectivity index is 4.68. The van der Waals surface area contributed by atoms with Gasteiger partial charge in [0.15, 0.2) is 6.10 Å². The Kier molecular flexibility index (Phi) is 35.9. The zero-order valence-corrected chi connectivity index (χ0v) is 35.0. The molecule has 0 aromatic heterocycles. The molecule has 0 amide bonds. The highest BCUT2D eigenvalue weighted by molar-refractivity contribution is 7.45. The average molecular weight is 795 g/mol. The molecule has 0 fully saturated rings. The first-order valence-electron chi connectivity index (χ1n) is 21.4. The number of aliphatic hydroxyl groups excluding tert-OH is 1. The lowest BCUT2D eigenvalue weighted by Gasteiger charge is -2.26. The van der Waals surface area contributed by atoms with Crippen molar-refractivity contribution in [3.05, 3.63) is 0 Å². The SMILES string of the molecule is CCCCCCCCCCCCCCC(=O)OCC(COP(=O)([O-])OCC(O)COC(=O)C(N)CCCC[NH3+])OC(=O)CCCCCCCCCCCC. The molecule has 14 heteroatoms. The number of carbonyl (C=O) groups excluding carboxylic acids is 3. The van der Waals surface area contributed by atoms with E-state index >= 15 is 0 Å². The second-order valence-corrected chi connectivity index (χ2v) is 16.1. The number of esters is 3. The summed E-state index contributed by atoms with van der Waals surface area (Å²) in [4.78, 5) is 49.6. The van der Waals surface area contributed by atoms with Gasteiger partial charge in [-0.25, -0.2) is 0 Å². The summed E-state index contributed by atoms with van der Waals surface area (Å²) in [7, 11) is -4.98. The molecule has 4 unspecified atom stereocenters. The summed E-state index contributed by atoms with van der Waals surface area (Å²) in [6.45, 7) is 2.90. The third-order valence-electron chi connectivity index (χ3n) is 9.28. The van der Waals surface area contributed by atoms with Gasteiger partial charge in [0.25, 0.3) is 7.82 Å². The number of phosphoric ester groups is 1. The highest BCUT2D eigenvalue weighted by atomic mass is 31.2. The molecule has 4 atom stereocenters. The first-order chi connectivity index (χ1) is 26.0. The summed E-state index contributed by atoms with van der Waals surface area (Å²) in [6, 6.07) is -0.859. The van der Waals surface area contributed by atoms with Crippen LogP contribution in [0.25, 0.3) is 0 Å². The Morgan fingerprint density at radius 3 is 1.54 bits per heavy atom. The van der Waals surface area contributed by atoms with Gasteiger partial charge in [-0.05, 0) is 32.1 Å². The van der Waals surface area contributed by atoms with Crippen LogP contribution in [0, 0.1) is 0 Å². The van der Waals surface area contributed by atoms with E-state index < -0.39 is 63.8 Å². The molecule has 0 aliphatic carbocycles. The summed E-state index contributed by atoms with van der Waals surface area (Å²) < 4.78 is 37.9. The van der Waals surface area contributed by atoms with E-state index in [0.717, 1.165) is 51.5 Å². The Bertz CT molecular complexity index is 959. The molecule has 0 heterocycles. The van der Waals surface area contributed by atoms with Crippen LogP contribution < -0.4 is 16.4 Å². The van der Waals surface area contributed by atoms with E-state index in [1.54, 1.807) is 0 Å². The molecule has 0 rings (SSSR count). The zero-order chi connectivity index (χ0) is 40.1. The Hall–Kier alpha value is -1.60. The molecule has 0 aromatic carbocycles. The fourth-order valence-electron chi connectivity index (χ4n) is 5.87. The summed E-state index contributed by atoms with van der Waals surface area (Å²) in [5.41, 5.74) is 9.51. The van der Waals surface area contributed by atoms with Crippen LogP contribution in [-0.2, 0) is 42.2 Å². The van der Waals surface area contributed by atoms with Gasteiger partial charge >= 0.3 is 17.9 Å². The van der Waals surface area contributed by atoms with E-state index in [-0.39, 0.29) is 19.4 Å². The molecule has 0 saturated carbocycles. The van der Waals surface area contributed by atoms with Crippen LogP contribution in [0.5, 0.6) is 0 Å². The van der Waals surface area contributed by atoms with Crippen LogP contribution in [-0.4, -0.2) is 74.2 Å². The summed E-state index contributed by atoms with van der Waals surface area (Å²) in [5, 5.41) is 10.1. The number of aliphatic hydroxyl groups is 1. The minimum atomic E-state index is -4.98. The largest absolute Gasteiger partial charge is 0.756 e. The average Bonchev–Trinajstić information content (AvgIpc) is 3.15. The molecule has 0 spiro atoms. The van der Waals surface area contributed by atoms with E-state index in [1.807, 2.05) is 0 Å². The molecular formula is C40H79N2O11P. The number of ether oxygens (including phenoxy) is 3. The maximum absolute atomic E-state index is 12.6. The molecule has 6 N–H and O–H groups in total. The molecule has 320 valence electrons. The lowest BCUT2D eigenvalue weighted by atomic mass is 10.0. The molecule has 0 bridgehead atoms. The van der Waals surface area contributed by atoms with Gasteiger partial charge in [-0.1, -0.05) is 142 Å². The van der Waals surface area contributed by atoms with Gasteiger partial charge in [-0.2, -0.15) is 0 Å². The van der Waals surface area contributed by atoms with Gasteiger partial charge in [0.2, 0.25) is 0 Å². The van der Waals surface area contributed by atoms with Crippen molar-refractivity contribution in [3.63, 3.8) is 0 Å². The van der Waals surface area contributed by atoms with Crippen LogP contribution in [0.1, 0.15) is 187 Å². The van der Waals surface area contributed by atoms with Crippen molar-refractivity contribution in [3.8, 4) is 0 Å². The molecule has 0 saturated heterocycles. The summed E-state index contributed by atoms with van der Waals surface area (Å²) >= 11 is 0. The molecule has 0 radical (unpaired) electrons. The van der Waals surface area contributed by atoms with Gasteiger partial charge in [-0.15, -0.1) is 0 Å². The van der Waals surface area contributed by atoms with Crippen molar-refractivity contribution in [2.45, 2.75) is 205 Å². The van der Waals surface area contributed by atoms with Crippen molar-refractivity contribution in [1.82, 2.24) is 0 Å². The van der Waals surface area contributed by atoms with Crippen LogP contribution in [0.3, 0.4) is 0 Å². The van der Waals surface area contributed by atoms with E-state index in [2.05, 4.69) is 19.6 Å². The number of phosphoric acid groups is 1. The number of unbranched alkanes of at least 4 members (excludes halogenated alkanes) is 21. The second kappa shape index (κ2) is 37.0. The molecule has 13 nitrogen and oxygen atoms in total. The van der Waals surface area contributed by atoms with Crippen LogP contribution in [0.15, 0.2) is 0 Å². The predicted molar refractivity (Wildman–Crippen MR) is 209 cm³/mol. The van der Waals surface area contributed by atoms with Crippen LogP contribution >= 0.6 is 7.82 Å². The van der Waals surface area contributed by atoms with E-state index in [0.29, 0.717) is 25.7 Å². The molecular weight excluding hydrogens is 715 g/mol. The topological polar surface area (TPSA) is 211 Å². The number of hydrogen-bond donors (Lipinski definition) is 3. The van der Waals surface area contributed by atoms with Gasteiger partial charge in [-0.3, -0.25) is 18.9 Å². The fraction of sp³-hybridized carbons (Fsp3) is 0.925. The van der Waals surface area contributed by atoms with Crippen molar-refractivity contribution in [2.24, 2.45) is 5.73 Å². The van der Waals surface area contributed by atoms with Crippen molar-refractivity contribution >= 4 is 25.7 Å². The maximum Gasteiger partial charge on any atom is 0.322 e. The van der Waals surface area contributed by atoms with Crippen molar-refractivity contribution < 1.29 is 57.9 Å². The normalized spacial score (nSPS) is 14.3. The van der Waals surface area contributed by atoms with Gasteiger partial charge in [0.05, 0.1) is 19.8 Å². The molecule has 54 heavy (non-hydrogen) atoms. The molecule has 0 aliphatic heterocycles. The lowest BCUT2D eigenvalue weighted by Crippen LogP contribution is -2.50. The monoisotopic (exact) mass is 795 g/mol. The number of nitrogens with two attached hydrogens (primary N) is 1. The number of carbonyl (C=O) groups is 3.